The van der Waals surface area contributed by atoms with Crippen LogP contribution in [-0.2, 0) is 0 Å². The van der Waals surface area contributed by atoms with E-state index in [-0.39, 0.29) is 29.7 Å². The van der Waals surface area contributed by atoms with Crippen LogP contribution in [0.2, 0.25) is 0 Å². The first-order chi connectivity index (χ1) is 14.4. The molecule has 1 saturated heterocycles. The standard InChI is InChI=1S/C19H19F3N6O2/c1-10-6-12(15(20)17(25-10)30-2)18(29)27-5-3-4-11(8-27)14-7-13(16(21)22)26-19-23-9-24-28(14)19/h6-7,9,11,16H,3-5,8H2,1-2H3/t11-/m0/s1. The molecule has 0 saturated carbocycles. The number of hydrogen-bond donors (Lipinski definition) is 0. The Morgan fingerprint density at radius 3 is 2.83 bits per heavy atom. The monoisotopic (exact) mass is 420 g/mol. The first-order valence-corrected chi connectivity index (χ1v) is 9.38. The number of amides is 1. The summed E-state index contributed by atoms with van der Waals surface area (Å²) in [5, 5.41) is 4.08. The number of aromatic nitrogens is 5. The molecule has 1 aliphatic rings. The molecule has 8 nitrogen and oxygen atoms in total. The van der Waals surface area contributed by atoms with E-state index < -0.39 is 23.8 Å². The quantitative estimate of drug-likeness (QED) is 0.645. The lowest BCUT2D eigenvalue weighted by atomic mass is 9.93. The van der Waals surface area contributed by atoms with Crippen LogP contribution in [0.1, 0.15) is 52.6 Å². The molecular formula is C19H19F3N6O2. The fraction of sp³-hybridized carbons (Fsp3) is 0.421. The second-order valence-electron chi connectivity index (χ2n) is 7.10. The maximum Gasteiger partial charge on any atom is 0.280 e. The largest absolute Gasteiger partial charge is 0.479 e. The Hall–Kier alpha value is -3.24. The Labute approximate surface area is 169 Å². The molecule has 3 aromatic heterocycles. The molecule has 0 aliphatic carbocycles. The average Bonchev–Trinajstić information content (AvgIpc) is 3.22. The van der Waals surface area contributed by atoms with Crippen molar-refractivity contribution in [3.8, 4) is 5.88 Å². The Bertz CT molecular complexity index is 1100. The third kappa shape index (κ3) is 3.55. The molecule has 0 radical (unpaired) electrons. The Morgan fingerprint density at radius 1 is 1.30 bits per heavy atom. The predicted octanol–water partition coefficient (Wildman–Crippen LogP) is 2.93. The summed E-state index contributed by atoms with van der Waals surface area (Å²) >= 11 is 0. The van der Waals surface area contributed by atoms with E-state index >= 15 is 0 Å². The number of aryl methyl sites for hydroxylation is 1. The molecule has 4 heterocycles. The molecule has 0 aromatic carbocycles. The number of methoxy groups -OCH3 is 1. The highest BCUT2D eigenvalue weighted by Gasteiger charge is 2.30. The summed E-state index contributed by atoms with van der Waals surface area (Å²) in [7, 11) is 1.28. The number of likely N-dealkylation sites (tertiary alicyclic amines) is 1. The fourth-order valence-electron chi connectivity index (χ4n) is 3.75. The summed E-state index contributed by atoms with van der Waals surface area (Å²) in [6.07, 6.45) is -0.226. The number of ether oxygens (including phenoxy) is 1. The highest BCUT2D eigenvalue weighted by Crippen LogP contribution is 2.31. The molecular weight excluding hydrogens is 401 g/mol. The van der Waals surface area contributed by atoms with E-state index in [9.17, 15) is 18.0 Å². The van der Waals surface area contributed by atoms with E-state index in [1.165, 1.54) is 35.0 Å². The van der Waals surface area contributed by atoms with Crippen LogP contribution in [0, 0.1) is 12.7 Å². The predicted molar refractivity (Wildman–Crippen MR) is 99.1 cm³/mol. The topological polar surface area (TPSA) is 85.5 Å². The number of fused-ring (bicyclic) bond motifs is 1. The van der Waals surface area contributed by atoms with Gasteiger partial charge in [0.05, 0.1) is 18.4 Å². The van der Waals surface area contributed by atoms with Gasteiger partial charge in [-0.2, -0.15) is 10.1 Å². The molecule has 3 aromatic rings. The fourth-order valence-corrected chi connectivity index (χ4v) is 3.75. The molecule has 0 unspecified atom stereocenters. The van der Waals surface area contributed by atoms with Gasteiger partial charge in [0.25, 0.3) is 24.0 Å². The minimum atomic E-state index is -2.76. The first-order valence-electron chi connectivity index (χ1n) is 9.38. The van der Waals surface area contributed by atoms with E-state index in [1.54, 1.807) is 6.92 Å². The molecule has 1 aliphatic heterocycles. The van der Waals surface area contributed by atoms with Crippen molar-refractivity contribution in [2.24, 2.45) is 0 Å². The first kappa shape index (κ1) is 20.0. The molecule has 11 heteroatoms. The highest BCUT2D eigenvalue weighted by atomic mass is 19.3. The highest BCUT2D eigenvalue weighted by molar-refractivity contribution is 5.95. The summed E-state index contributed by atoms with van der Waals surface area (Å²) in [4.78, 5) is 26.2. The average molecular weight is 420 g/mol. The number of halogens is 3. The minimum absolute atomic E-state index is 0.0757. The van der Waals surface area contributed by atoms with Crippen LogP contribution < -0.4 is 4.74 Å². The Balaban J connectivity index is 1.66. The van der Waals surface area contributed by atoms with E-state index in [2.05, 4.69) is 20.1 Å². The van der Waals surface area contributed by atoms with Gasteiger partial charge in [0.15, 0.2) is 5.82 Å². The number of rotatable bonds is 4. The van der Waals surface area contributed by atoms with Crippen molar-refractivity contribution in [3.05, 3.63) is 46.9 Å². The van der Waals surface area contributed by atoms with Crippen LogP contribution in [0.25, 0.3) is 5.78 Å². The van der Waals surface area contributed by atoms with E-state index in [4.69, 9.17) is 4.74 Å². The van der Waals surface area contributed by atoms with E-state index in [0.29, 0.717) is 30.8 Å². The summed E-state index contributed by atoms with van der Waals surface area (Å²) in [6, 6.07) is 2.67. The SMILES string of the molecule is COc1nc(C)cc(C(=O)N2CCC[C@H](c3cc(C(F)F)nc4ncnn34)C2)c1F. The molecule has 1 amide bonds. The lowest BCUT2D eigenvalue weighted by Crippen LogP contribution is -2.40. The summed E-state index contributed by atoms with van der Waals surface area (Å²) in [5.41, 5.74) is 0.419. The molecule has 1 fully saturated rings. The van der Waals surface area contributed by atoms with Crippen molar-refractivity contribution < 1.29 is 22.7 Å². The number of carbonyl (C=O) groups is 1. The number of nitrogens with zero attached hydrogens (tertiary/aromatic N) is 6. The van der Waals surface area contributed by atoms with Gasteiger partial charge in [-0.3, -0.25) is 4.79 Å². The Morgan fingerprint density at radius 2 is 2.10 bits per heavy atom. The smallest absolute Gasteiger partial charge is 0.280 e. The number of carbonyl (C=O) groups excluding carboxylic acids is 1. The van der Waals surface area contributed by atoms with Crippen molar-refractivity contribution >= 4 is 11.7 Å². The molecule has 1 atom stereocenters. The van der Waals surface area contributed by atoms with Crippen molar-refractivity contribution in [1.82, 2.24) is 29.5 Å². The van der Waals surface area contributed by atoms with E-state index in [1.807, 2.05) is 0 Å². The number of alkyl halides is 2. The maximum absolute atomic E-state index is 14.6. The Kier molecular flexibility index (Phi) is 5.27. The zero-order chi connectivity index (χ0) is 21.4. The molecule has 0 bridgehead atoms. The lowest BCUT2D eigenvalue weighted by molar-refractivity contribution is 0.0698. The second-order valence-corrected chi connectivity index (χ2v) is 7.10. The number of hydrogen-bond acceptors (Lipinski definition) is 6. The van der Waals surface area contributed by atoms with Crippen LogP contribution in [0.5, 0.6) is 5.88 Å². The van der Waals surface area contributed by atoms with Crippen molar-refractivity contribution in [2.75, 3.05) is 20.2 Å². The molecule has 0 N–H and O–H groups in total. The van der Waals surface area contributed by atoms with Gasteiger partial charge in [-0.05, 0) is 31.9 Å². The zero-order valence-corrected chi connectivity index (χ0v) is 16.3. The van der Waals surface area contributed by atoms with Crippen molar-refractivity contribution in [1.29, 1.82) is 0 Å². The van der Waals surface area contributed by atoms with Crippen LogP contribution in [0.3, 0.4) is 0 Å². The second kappa shape index (κ2) is 7.88. The van der Waals surface area contributed by atoms with Crippen LogP contribution >= 0.6 is 0 Å². The van der Waals surface area contributed by atoms with Gasteiger partial charge < -0.3 is 9.64 Å². The van der Waals surface area contributed by atoms with Gasteiger partial charge >= 0.3 is 0 Å². The van der Waals surface area contributed by atoms with Gasteiger partial charge in [-0.25, -0.2) is 27.7 Å². The zero-order valence-electron chi connectivity index (χ0n) is 16.3. The van der Waals surface area contributed by atoms with Gasteiger partial charge in [-0.15, -0.1) is 0 Å². The molecule has 30 heavy (non-hydrogen) atoms. The molecule has 158 valence electrons. The van der Waals surface area contributed by atoms with Crippen LogP contribution in [0.15, 0.2) is 18.5 Å². The van der Waals surface area contributed by atoms with Gasteiger partial charge in [0.1, 0.15) is 12.0 Å². The normalized spacial score (nSPS) is 17.0. The third-order valence-corrected chi connectivity index (χ3v) is 5.13. The summed E-state index contributed by atoms with van der Waals surface area (Å²) in [5.74, 6) is -1.77. The molecule has 4 rings (SSSR count). The summed E-state index contributed by atoms with van der Waals surface area (Å²) < 4.78 is 47.5. The lowest BCUT2D eigenvalue weighted by Gasteiger charge is -2.33. The third-order valence-electron chi connectivity index (χ3n) is 5.13. The number of piperidine rings is 1. The van der Waals surface area contributed by atoms with E-state index in [0.717, 1.165) is 0 Å². The van der Waals surface area contributed by atoms with Gasteiger partial charge in [-0.1, -0.05) is 0 Å². The maximum atomic E-state index is 14.6. The van der Waals surface area contributed by atoms with Gasteiger partial charge in [0, 0.05) is 24.7 Å². The van der Waals surface area contributed by atoms with Crippen molar-refractivity contribution in [3.63, 3.8) is 0 Å². The minimum Gasteiger partial charge on any atom is -0.479 e. The van der Waals surface area contributed by atoms with Crippen LogP contribution in [-0.4, -0.2) is 55.6 Å². The van der Waals surface area contributed by atoms with Gasteiger partial charge in [0.2, 0.25) is 0 Å². The van der Waals surface area contributed by atoms with Crippen LogP contribution in [0.4, 0.5) is 13.2 Å². The molecule has 0 spiro atoms. The number of pyridine rings is 1. The van der Waals surface area contributed by atoms with Crippen molar-refractivity contribution in [2.45, 2.75) is 32.1 Å². The summed E-state index contributed by atoms with van der Waals surface area (Å²) in [6.45, 7) is 2.29.